The van der Waals surface area contributed by atoms with Crippen molar-refractivity contribution in [3.8, 4) is 5.69 Å². The quantitative estimate of drug-likeness (QED) is 0.164. The smallest absolute Gasteiger partial charge is 0.0590 e. The molecule has 0 saturated heterocycles. The SMILES string of the molecule is CN(/N=C/c1ccc2c(c1)c1cc(/C=N/N(C)c3ccccc3)ccc1n2-c1ccccc1)c1ccccc1. The molecule has 0 unspecified atom stereocenters. The number of anilines is 2. The van der Waals surface area contributed by atoms with Gasteiger partial charge in [0.15, 0.2) is 0 Å². The summed E-state index contributed by atoms with van der Waals surface area (Å²) in [6, 6.07) is 43.8. The van der Waals surface area contributed by atoms with E-state index < -0.39 is 0 Å². The van der Waals surface area contributed by atoms with Crippen LogP contribution in [-0.2, 0) is 0 Å². The number of aromatic nitrogens is 1. The summed E-state index contributed by atoms with van der Waals surface area (Å²) in [6.45, 7) is 0. The van der Waals surface area contributed by atoms with Crippen molar-refractivity contribution in [2.24, 2.45) is 10.2 Å². The predicted octanol–water partition coefficient (Wildman–Crippen LogP) is 7.72. The fourth-order valence-corrected chi connectivity index (χ4v) is 4.80. The van der Waals surface area contributed by atoms with Crippen molar-refractivity contribution in [3.05, 3.63) is 139 Å². The largest absolute Gasteiger partial charge is 0.309 e. The van der Waals surface area contributed by atoms with E-state index in [1.165, 1.54) is 10.8 Å². The first-order chi connectivity index (χ1) is 19.2. The van der Waals surface area contributed by atoms with Crippen LogP contribution in [0.15, 0.2) is 138 Å². The van der Waals surface area contributed by atoms with Gasteiger partial charge in [0.1, 0.15) is 0 Å². The average Bonchev–Trinajstić information content (AvgIpc) is 3.33. The molecule has 0 aliphatic carbocycles. The second kappa shape index (κ2) is 10.7. The van der Waals surface area contributed by atoms with Gasteiger partial charge in [-0.2, -0.15) is 10.2 Å². The Kier molecular flexibility index (Phi) is 6.62. The van der Waals surface area contributed by atoms with Crippen LogP contribution in [0.5, 0.6) is 0 Å². The minimum atomic E-state index is 1.04. The summed E-state index contributed by atoms with van der Waals surface area (Å²) in [5.74, 6) is 0. The van der Waals surface area contributed by atoms with Gasteiger partial charge in [0, 0.05) is 30.6 Å². The van der Waals surface area contributed by atoms with Crippen LogP contribution in [0.1, 0.15) is 11.1 Å². The minimum absolute atomic E-state index is 1.04. The first kappa shape index (κ1) is 24.2. The van der Waals surface area contributed by atoms with Gasteiger partial charge >= 0.3 is 0 Å². The Morgan fingerprint density at radius 3 is 1.36 bits per heavy atom. The van der Waals surface area contributed by atoms with E-state index in [1.54, 1.807) is 0 Å². The van der Waals surface area contributed by atoms with Crippen molar-refractivity contribution in [1.29, 1.82) is 0 Å². The number of para-hydroxylation sites is 3. The standard InChI is InChI=1S/C34H29N5/c1-37(28-12-6-3-7-13-28)35-24-26-18-20-33-31(22-26)32-23-27(25-36-38(2)29-14-8-4-9-15-29)19-21-34(32)39(33)30-16-10-5-11-17-30/h3-25H,1-2H3/b35-24+,36-25+. The van der Waals surface area contributed by atoms with E-state index in [1.807, 2.05) is 103 Å². The van der Waals surface area contributed by atoms with E-state index in [9.17, 15) is 0 Å². The number of hydrogen-bond donors (Lipinski definition) is 0. The Morgan fingerprint density at radius 1 is 0.513 bits per heavy atom. The zero-order chi connectivity index (χ0) is 26.6. The lowest BCUT2D eigenvalue weighted by molar-refractivity contribution is 1.02. The number of nitrogens with zero attached hydrogens (tertiary/aromatic N) is 5. The summed E-state index contributed by atoms with van der Waals surface area (Å²) in [4.78, 5) is 0. The van der Waals surface area contributed by atoms with Gasteiger partial charge in [-0.3, -0.25) is 10.0 Å². The Labute approximate surface area is 228 Å². The van der Waals surface area contributed by atoms with Gasteiger partial charge < -0.3 is 4.57 Å². The molecule has 5 aromatic carbocycles. The molecule has 0 radical (unpaired) electrons. The van der Waals surface area contributed by atoms with Crippen molar-refractivity contribution in [1.82, 2.24) is 4.57 Å². The third-order valence-corrected chi connectivity index (χ3v) is 6.85. The van der Waals surface area contributed by atoms with E-state index in [4.69, 9.17) is 0 Å². The third-order valence-electron chi connectivity index (χ3n) is 6.85. The van der Waals surface area contributed by atoms with Crippen molar-refractivity contribution in [2.45, 2.75) is 0 Å². The van der Waals surface area contributed by atoms with Crippen LogP contribution in [0.25, 0.3) is 27.5 Å². The van der Waals surface area contributed by atoms with Crippen LogP contribution in [0.3, 0.4) is 0 Å². The molecule has 39 heavy (non-hydrogen) atoms. The second-order valence-electron chi connectivity index (χ2n) is 9.43. The lowest BCUT2D eigenvalue weighted by Crippen LogP contribution is -2.08. The molecule has 0 spiro atoms. The molecule has 0 fully saturated rings. The summed E-state index contributed by atoms with van der Waals surface area (Å²) in [5, 5.41) is 15.5. The van der Waals surface area contributed by atoms with Crippen molar-refractivity contribution in [3.63, 3.8) is 0 Å². The number of hydrazone groups is 2. The van der Waals surface area contributed by atoms with Crippen LogP contribution in [0, 0.1) is 0 Å². The summed E-state index contributed by atoms with van der Waals surface area (Å²) in [5.41, 5.74) is 7.61. The van der Waals surface area contributed by atoms with Crippen LogP contribution in [-0.4, -0.2) is 31.1 Å². The zero-order valence-corrected chi connectivity index (χ0v) is 22.0. The van der Waals surface area contributed by atoms with Crippen molar-refractivity contribution < 1.29 is 0 Å². The molecule has 0 aliphatic heterocycles. The molecule has 0 saturated carbocycles. The molecule has 1 aromatic heterocycles. The van der Waals surface area contributed by atoms with Crippen molar-refractivity contribution in [2.75, 3.05) is 24.1 Å². The highest BCUT2D eigenvalue weighted by molar-refractivity contribution is 6.12. The molecular formula is C34H29N5. The molecule has 0 atom stereocenters. The predicted molar refractivity (Wildman–Crippen MR) is 166 cm³/mol. The van der Waals surface area contributed by atoms with E-state index in [-0.39, 0.29) is 0 Å². The average molecular weight is 508 g/mol. The van der Waals surface area contributed by atoms with Gasteiger partial charge in [-0.25, -0.2) is 0 Å². The molecule has 6 aromatic rings. The maximum Gasteiger partial charge on any atom is 0.0590 e. The Balaban J connectivity index is 1.42. The Bertz CT molecular complexity index is 1660. The summed E-state index contributed by atoms with van der Waals surface area (Å²) in [6.07, 6.45) is 3.83. The van der Waals surface area contributed by atoms with E-state index >= 15 is 0 Å². The van der Waals surface area contributed by atoms with Crippen LogP contribution < -0.4 is 10.0 Å². The van der Waals surface area contributed by atoms with Crippen LogP contribution >= 0.6 is 0 Å². The third kappa shape index (κ3) is 5.03. The summed E-state index contributed by atoms with van der Waals surface area (Å²) in [7, 11) is 3.92. The number of hydrogen-bond acceptors (Lipinski definition) is 4. The molecule has 0 N–H and O–H groups in total. The van der Waals surface area contributed by atoms with E-state index in [2.05, 4.69) is 75.4 Å². The number of benzene rings is 5. The van der Waals surface area contributed by atoms with E-state index in [0.29, 0.717) is 0 Å². The van der Waals surface area contributed by atoms with Crippen LogP contribution in [0.2, 0.25) is 0 Å². The van der Waals surface area contributed by atoms with Crippen molar-refractivity contribution >= 4 is 45.6 Å². The Hall–Kier alpha value is -5.16. The fourth-order valence-electron chi connectivity index (χ4n) is 4.80. The van der Waals surface area contributed by atoms with Gasteiger partial charge in [0.2, 0.25) is 0 Å². The Morgan fingerprint density at radius 2 is 0.923 bits per heavy atom. The molecule has 0 aliphatic rings. The molecular weight excluding hydrogens is 478 g/mol. The maximum atomic E-state index is 4.69. The molecule has 5 heteroatoms. The molecule has 1 heterocycles. The van der Waals surface area contributed by atoms with Gasteiger partial charge in [0.25, 0.3) is 0 Å². The lowest BCUT2D eigenvalue weighted by Gasteiger charge is -2.12. The molecule has 5 nitrogen and oxygen atoms in total. The molecule has 190 valence electrons. The monoisotopic (exact) mass is 507 g/mol. The summed E-state index contributed by atoms with van der Waals surface area (Å²) < 4.78 is 2.32. The van der Waals surface area contributed by atoms with Gasteiger partial charge in [-0.1, -0.05) is 66.7 Å². The van der Waals surface area contributed by atoms with E-state index in [0.717, 1.165) is 39.2 Å². The van der Waals surface area contributed by atoms with Gasteiger partial charge in [0.05, 0.1) is 34.8 Å². The number of fused-ring (bicyclic) bond motifs is 3. The second-order valence-corrected chi connectivity index (χ2v) is 9.43. The minimum Gasteiger partial charge on any atom is -0.309 e. The maximum absolute atomic E-state index is 4.69. The molecule has 6 rings (SSSR count). The number of rotatable bonds is 7. The normalized spacial score (nSPS) is 11.6. The first-order valence-electron chi connectivity index (χ1n) is 13.0. The van der Waals surface area contributed by atoms with Gasteiger partial charge in [-0.15, -0.1) is 0 Å². The zero-order valence-electron chi connectivity index (χ0n) is 22.0. The molecule has 0 bridgehead atoms. The fraction of sp³-hybridized carbons (Fsp3) is 0.0588. The molecule has 0 amide bonds. The highest BCUT2D eigenvalue weighted by Gasteiger charge is 2.13. The summed E-state index contributed by atoms with van der Waals surface area (Å²) >= 11 is 0. The highest BCUT2D eigenvalue weighted by atomic mass is 15.4. The van der Waals surface area contributed by atoms with Crippen LogP contribution in [0.4, 0.5) is 11.4 Å². The first-order valence-corrected chi connectivity index (χ1v) is 13.0. The highest BCUT2D eigenvalue weighted by Crippen LogP contribution is 2.33. The lowest BCUT2D eigenvalue weighted by atomic mass is 10.1. The van der Waals surface area contributed by atoms with Gasteiger partial charge in [-0.05, 0) is 71.8 Å². The topological polar surface area (TPSA) is 36.1 Å².